The van der Waals surface area contributed by atoms with Gasteiger partial charge in [-0.15, -0.1) is 0 Å². The van der Waals surface area contributed by atoms with Crippen molar-refractivity contribution in [3.8, 4) is 0 Å². The van der Waals surface area contributed by atoms with Crippen LogP contribution in [0, 0.1) is 0 Å². The van der Waals surface area contributed by atoms with E-state index in [9.17, 15) is 0 Å². The highest BCUT2D eigenvalue weighted by Gasteiger charge is 2.12. The van der Waals surface area contributed by atoms with E-state index in [1.807, 2.05) is 0 Å². The first-order valence-electron chi connectivity index (χ1n) is 5.74. The van der Waals surface area contributed by atoms with Gasteiger partial charge in [0.1, 0.15) is 0 Å². The lowest BCUT2D eigenvalue weighted by Gasteiger charge is -2.05. The van der Waals surface area contributed by atoms with E-state index in [0.717, 1.165) is 13.1 Å². The lowest BCUT2D eigenvalue weighted by atomic mass is 10.1. The molecule has 0 amide bonds. The van der Waals surface area contributed by atoms with Gasteiger partial charge >= 0.3 is 0 Å². The molecule has 0 aliphatic carbocycles. The molecule has 1 aliphatic heterocycles. The number of hydrogen-bond donors (Lipinski definition) is 1. The zero-order valence-corrected chi connectivity index (χ0v) is 9.09. The van der Waals surface area contributed by atoms with Crippen molar-refractivity contribution in [2.45, 2.75) is 26.3 Å². The van der Waals surface area contributed by atoms with Gasteiger partial charge in [-0.25, -0.2) is 0 Å². The Hall–Kier alpha value is -1.44. The second-order valence-corrected chi connectivity index (χ2v) is 4.25. The number of benzene rings is 1. The molecule has 2 aromatic rings. The summed E-state index contributed by atoms with van der Waals surface area (Å²) in [6, 6.07) is 6.84. The van der Waals surface area contributed by atoms with Gasteiger partial charge in [-0.05, 0) is 36.6 Å². The maximum Gasteiger partial charge on any atom is 0.0484 e. The summed E-state index contributed by atoms with van der Waals surface area (Å²) >= 11 is 0. The molecule has 2 heteroatoms. The first-order chi connectivity index (χ1) is 7.38. The van der Waals surface area contributed by atoms with Crippen LogP contribution in [-0.2, 0) is 13.0 Å². The van der Waals surface area contributed by atoms with E-state index in [4.69, 9.17) is 0 Å². The number of aryl methyl sites for hydroxylation is 1. The van der Waals surface area contributed by atoms with Crippen LogP contribution < -0.4 is 5.32 Å². The standard InChI is InChI=1S/C13H16N2/c1-2-6-15-7-4-11-8-12-10(3-5-14-12)9-13(11)15/h4,7-9,14H,2-3,5-6H2,1H3. The van der Waals surface area contributed by atoms with Gasteiger partial charge in [0, 0.05) is 35.9 Å². The van der Waals surface area contributed by atoms with E-state index < -0.39 is 0 Å². The Morgan fingerprint density at radius 1 is 1.40 bits per heavy atom. The topological polar surface area (TPSA) is 17.0 Å². The van der Waals surface area contributed by atoms with Crippen LogP contribution in [0.4, 0.5) is 5.69 Å². The van der Waals surface area contributed by atoms with E-state index in [1.165, 1.54) is 35.0 Å². The summed E-state index contributed by atoms with van der Waals surface area (Å²) in [5, 5.41) is 4.78. The molecule has 0 fully saturated rings. The summed E-state index contributed by atoms with van der Waals surface area (Å²) in [5.74, 6) is 0. The summed E-state index contributed by atoms with van der Waals surface area (Å²) in [7, 11) is 0. The van der Waals surface area contributed by atoms with Crippen LogP contribution in [0.15, 0.2) is 24.4 Å². The number of rotatable bonds is 2. The highest BCUT2D eigenvalue weighted by molar-refractivity contribution is 5.86. The zero-order chi connectivity index (χ0) is 10.3. The summed E-state index contributed by atoms with van der Waals surface area (Å²) in [6.45, 7) is 4.44. The molecule has 2 nitrogen and oxygen atoms in total. The third-order valence-corrected chi connectivity index (χ3v) is 3.17. The molecule has 0 saturated carbocycles. The van der Waals surface area contributed by atoms with E-state index in [0.29, 0.717) is 0 Å². The minimum Gasteiger partial charge on any atom is -0.384 e. The van der Waals surface area contributed by atoms with Gasteiger partial charge in [0.2, 0.25) is 0 Å². The van der Waals surface area contributed by atoms with E-state index in [1.54, 1.807) is 0 Å². The molecule has 0 saturated heterocycles. The number of fused-ring (bicyclic) bond motifs is 2. The van der Waals surface area contributed by atoms with Gasteiger partial charge in [-0.1, -0.05) is 6.92 Å². The third kappa shape index (κ3) is 1.32. The summed E-state index contributed by atoms with van der Waals surface area (Å²) in [6.07, 6.45) is 4.56. The van der Waals surface area contributed by atoms with E-state index in [2.05, 4.69) is 41.2 Å². The van der Waals surface area contributed by atoms with Crippen molar-refractivity contribution in [1.29, 1.82) is 0 Å². The number of hydrogen-bond acceptors (Lipinski definition) is 1. The molecule has 0 spiro atoms. The smallest absolute Gasteiger partial charge is 0.0484 e. The second kappa shape index (κ2) is 3.30. The van der Waals surface area contributed by atoms with Crippen molar-refractivity contribution in [2.24, 2.45) is 0 Å². The Morgan fingerprint density at radius 2 is 2.33 bits per heavy atom. The first-order valence-corrected chi connectivity index (χ1v) is 5.74. The van der Waals surface area contributed by atoms with Crippen LogP contribution >= 0.6 is 0 Å². The van der Waals surface area contributed by atoms with Crippen molar-refractivity contribution in [3.05, 3.63) is 30.0 Å². The van der Waals surface area contributed by atoms with Crippen molar-refractivity contribution in [2.75, 3.05) is 11.9 Å². The molecule has 0 atom stereocenters. The van der Waals surface area contributed by atoms with Crippen molar-refractivity contribution >= 4 is 16.6 Å². The van der Waals surface area contributed by atoms with Gasteiger partial charge in [-0.2, -0.15) is 0 Å². The fraction of sp³-hybridized carbons (Fsp3) is 0.385. The average Bonchev–Trinajstić information content (AvgIpc) is 2.82. The summed E-state index contributed by atoms with van der Waals surface area (Å²) < 4.78 is 2.36. The Kier molecular flexibility index (Phi) is 1.94. The lowest BCUT2D eigenvalue weighted by Crippen LogP contribution is -1.94. The molecule has 0 bridgehead atoms. The predicted molar refractivity (Wildman–Crippen MR) is 64.4 cm³/mol. The Balaban J connectivity index is 2.18. The molecular weight excluding hydrogens is 184 g/mol. The molecule has 2 heterocycles. The lowest BCUT2D eigenvalue weighted by molar-refractivity contribution is 0.703. The average molecular weight is 200 g/mol. The Morgan fingerprint density at radius 3 is 3.20 bits per heavy atom. The van der Waals surface area contributed by atoms with Gasteiger partial charge in [0.25, 0.3) is 0 Å². The SMILES string of the molecule is CCCn1ccc2cc3c(cc21)CCN3. The highest BCUT2D eigenvalue weighted by atomic mass is 15.0. The molecule has 1 aliphatic rings. The molecule has 0 unspecified atom stereocenters. The van der Waals surface area contributed by atoms with Crippen LogP contribution in [0.2, 0.25) is 0 Å². The summed E-state index contributed by atoms with van der Waals surface area (Å²) in [5.41, 5.74) is 4.19. The van der Waals surface area contributed by atoms with Crippen LogP contribution in [-0.4, -0.2) is 11.1 Å². The minimum absolute atomic E-state index is 1.09. The maximum absolute atomic E-state index is 3.42. The number of anilines is 1. The molecule has 1 N–H and O–H groups in total. The fourth-order valence-electron chi connectivity index (χ4n) is 2.42. The molecule has 15 heavy (non-hydrogen) atoms. The zero-order valence-electron chi connectivity index (χ0n) is 9.09. The van der Waals surface area contributed by atoms with Gasteiger partial charge in [0.15, 0.2) is 0 Å². The van der Waals surface area contributed by atoms with Gasteiger partial charge < -0.3 is 9.88 Å². The van der Waals surface area contributed by atoms with E-state index in [-0.39, 0.29) is 0 Å². The molecule has 78 valence electrons. The molecule has 3 rings (SSSR count). The molecule has 1 aromatic carbocycles. The molecular formula is C13H16N2. The minimum atomic E-state index is 1.09. The first kappa shape index (κ1) is 8.84. The second-order valence-electron chi connectivity index (χ2n) is 4.25. The van der Waals surface area contributed by atoms with Crippen LogP contribution in [0.25, 0.3) is 10.9 Å². The van der Waals surface area contributed by atoms with Gasteiger partial charge in [0.05, 0.1) is 0 Å². The Bertz CT molecular complexity index is 496. The monoisotopic (exact) mass is 200 g/mol. The van der Waals surface area contributed by atoms with Crippen molar-refractivity contribution < 1.29 is 0 Å². The third-order valence-electron chi connectivity index (χ3n) is 3.17. The molecule has 0 radical (unpaired) electrons. The normalized spacial score (nSPS) is 14.2. The van der Waals surface area contributed by atoms with Gasteiger partial charge in [-0.3, -0.25) is 0 Å². The van der Waals surface area contributed by atoms with Crippen molar-refractivity contribution in [1.82, 2.24) is 4.57 Å². The van der Waals surface area contributed by atoms with Crippen LogP contribution in [0.1, 0.15) is 18.9 Å². The predicted octanol–water partition coefficient (Wildman–Crippen LogP) is 3.02. The quantitative estimate of drug-likeness (QED) is 0.788. The summed E-state index contributed by atoms with van der Waals surface area (Å²) in [4.78, 5) is 0. The Labute approximate surface area is 89.9 Å². The highest BCUT2D eigenvalue weighted by Crippen LogP contribution is 2.28. The largest absolute Gasteiger partial charge is 0.384 e. The number of aromatic nitrogens is 1. The van der Waals surface area contributed by atoms with Crippen LogP contribution in [0.3, 0.4) is 0 Å². The van der Waals surface area contributed by atoms with Crippen LogP contribution in [0.5, 0.6) is 0 Å². The van der Waals surface area contributed by atoms with Crippen molar-refractivity contribution in [3.63, 3.8) is 0 Å². The van der Waals surface area contributed by atoms with E-state index >= 15 is 0 Å². The number of nitrogens with one attached hydrogen (secondary N) is 1. The number of nitrogens with zero attached hydrogens (tertiary/aromatic N) is 1. The molecule has 1 aromatic heterocycles. The maximum atomic E-state index is 3.42. The fourth-order valence-corrected chi connectivity index (χ4v) is 2.42.